The lowest BCUT2D eigenvalue weighted by molar-refractivity contribution is -0.120. The van der Waals surface area contributed by atoms with Gasteiger partial charge in [0.25, 0.3) is 0 Å². The minimum absolute atomic E-state index is 0.0493. The van der Waals surface area contributed by atoms with Crippen molar-refractivity contribution in [1.29, 1.82) is 0 Å². The van der Waals surface area contributed by atoms with E-state index in [0.717, 1.165) is 12.3 Å². The second kappa shape index (κ2) is 6.53. The molecule has 1 aromatic heterocycles. The molecule has 1 rings (SSSR count). The predicted molar refractivity (Wildman–Crippen MR) is 62.9 cm³/mol. The number of halogens is 1. The van der Waals surface area contributed by atoms with Gasteiger partial charge in [-0.25, -0.2) is 14.2 Å². The monoisotopic (exact) mass is 255 g/mol. The third kappa shape index (κ3) is 4.00. The maximum atomic E-state index is 12.8. The van der Waals surface area contributed by atoms with Crippen LogP contribution in [0.5, 0.6) is 0 Å². The van der Waals surface area contributed by atoms with E-state index in [9.17, 15) is 14.0 Å². The molecule has 0 spiro atoms. The van der Waals surface area contributed by atoms with E-state index in [4.69, 9.17) is 5.11 Å². The van der Waals surface area contributed by atoms with Crippen molar-refractivity contribution in [1.82, 2.24) is 10.3 Å². The van der Waals surface area contributed by atoms with Gasteiger partial charge in [0, 0.05) is 19.5 Å². The maximum Gasteiger partial charge on any atom is 0.339 e. The first-order valence-corrected chi connectivity index (χ1v) is 5.44. The Morgan fingerprint density at radius 3 is 2.83 bits per heavy atom. The molecule has 0 aliphatic rings. The third-order valence-electron chi connectivity index (χ3n) is 2.10. The summed E-state index contributed by atoms with van der Waals surface area (Å²) in [4.78, 5) is 25.6. The zero-order chi connectivity index (χ0) is 13.5. The van der Waals surface area contributed by atoms with Crippen LogP contribution in [-0.4, -0.2) is 35.1 Å². The van der Waals surface area contributed by atoms with Gasteiger partial charge in [-0.1, -0.05) is 0 Å². The largest absolute Gasteiger partial charge is 0.478 e. The average Bonchev–Trinajstić information content (AvgIpc) is 2.31. The van der Waals surface area contributed by atoms with Crippen molar-refractivity contribution in [2.45, 2.75) is 13.3 Å². The second-order valence-corrected chi connectivity index (χ2v) is 3.49. The van der Waals surface area contributed by atoms with E-state index in [-0.39, 0.29) is 30.3 Å². The number of nitrogens with one attached hydrogen (secondary N) is 2. The number of amides is 1. The molecular formula is C11H14FN3O3. The molecule has 0 aromatic carbocycles. The molecule has 1 heterocycles. The zero-order valence-electron chi connectivity index (χ0n) is 9.86. The minimum Gasteiger partial charge on any atom is -0.478 e. The summed E-state index contributed by atoms with van der Waals surface area (Å²) in [6, 6.07) is 0.879. The van der Waals surface area contributed by atoms with E-state index in [1.807, 2.05) is 0 Å². The predicted octanol–water partition coefficient (Wildman–Crippen LogP) is 0.857. The molecule has 7 heteroatoms. The lowest BCUT2D eigenvalue weighted by atomic mass is 10.2. The zero-order valence-corrected chi connectivity index (χ0v) is 9.86. The molecule has 6 nitrogen and oxygen atoms in total. The number of carboxylic acids is 1. The first kappa shape index (κ1) is 13.9. The van der Waals surface area contributed by atoms with Crippen molar-refractivity contribution >= 4 is 17.7 Å². The Balaban J connectivity index is 2.62. The van der Waals surface area contributed by atoms with E-state index < -0.39 is 11.8 Å². The summed E-state index contributed by atoms with van der Waals surface area (Å²) < 4.78 is 12.8. The fourth-order valence-corrected chi connectivity index (χ4v) is 1.32. The molecule has 0 aliphatic heterocycles. The summed E-state index contributed by atoms with van der Waals surface area (Å²) in [6.07, 6.45) is 1.10. The lowest BCUT2D eigenvalue weighted by Gasteiger charge is -2.08. The van der Waals surface area contributed by atoms with Crippen LogP contribution in [0.25, 0.3) is 0 Å². The molecule has 1 amide bonds. The van der Waals surface area contributed by atoms with Crippen molar-refractivity contribution in [2.24, 2.45) is 0 Å². The van der Waals surface area contributed by atoms with E-state index in [1.165, 1.54) is 0 Å². The number of hydrogen-bond donors (Lipinski definition) is 3. The van der Waals surface area contributed by atoms with Crippen molar-refractivity contribution in [3.8, 4) is 0 Å². The van der Waals surface area contributed by atoms with Gasteiger partial charge in [0.15, 0.2) is 0 Å². The highest BCUT2D eigenvalue weighted by Crippen LogP contribution is 2.13. The van der Waals surface area contributed by atoms with Crippen LogP contribution in [0.15, 0.2) is 12.3 Å². The van der Waals surface area contributed by atoms with Crippen LogP contribution < -0.4 is 10.6 Å². The van der Waals surface area contributed by atoms with E-state index in [0.29, 0.717) is 6.54 Å². The lowest BCUT2D eigenvalue weighted by Crippen LogP contribution is -2.25. The van der Waals surface area contributed by atoms with Gasteiger partial charge in [-0.05, 0) is 13.0 Å². The van der Waals surface area contributed by atoms with Crippen molar-refractivity contribution < 1.29 is 19.1 Å². The van der Waals surface area contributed by atoms with Gasteiger partial charge in [0.2, 0.25) is 5.91 Å². The molecule has 98 valence electrons. The Hall–Kier alpha value is -2.18. The molecule has 0 saturated carbocycles. The quantitative estimate of drug-likeness (QED) is 0.701. The number of carboxylic acid groups (broad SMARTS) is 1. The number of hydrogen-bond acceptors (Lipinski definition) is 4. The SMILES string of the molecule is CCNC(=O)CCNc1ncc(F)cc1C(=O)O. The first-order valence-electron chi connectivity index (χ1n) is 5.44. The molecule has 0 aliphatic carbocycles. The molecule has 0 unspecified atom stereocenters. The third-order valence-corrected chi connectivity index (χ3v) is 2.10. The van der Waals surface area contributed by atoms with Gasteiger partial charge in [-0.15, -0.1) is 0 Å². The second-order valence-electron chi connectivity index (χ2n) is 3.49. The Labute approximate surface area is 103 Å². The molecule has 0 saturated heterocycles. The fraction of sp³-hybridized carbons (Fsp3) is 0.364. The van der Waals surface area contributed by atoms with Gasteiger partial charge < -0.3 is 15.7 Å². The highest BCUT2D eigenvalue weighted by atomic mass is 19.1. The van der Waals surface area contributed by atoms with E-state index in [1.54, 1.807) is 6.92 Å². The van der Waals surface area contributed by atoms with Crippen LogP contribution >= 0.6 is 0 Å². The van der Waals surface area contributed by atoms with Crippen molar-refractivity contribution in [2.75, 3.05) is 18.4 Å². The number of rotatable bonds is 6. The fourth-order valence-electron chi connectivity index (χ4n) is 1.32. The van der Waals surface area contributed by atoms with Crippen LogP contribution in [0.2, 0.25) is 0 Å². The Bertz CT molecular complexity index is 451. The number of pyridine rings is 1. The van der Waals surface area contributed by atoms with Crippen LogP contribution in [0.4, 0.5) is 10.2 Å². The van der Waals surface area contributed by atoms with Crippen LogP contribution in [0, 0.1) is 5.82 Å². The maximum absolute atomic E-state index is 12.8. The van der Waals surface area contributed by atoms with Gasteiger partial charge in [0.05, 0.1) is 6.20 Å². The molecule has 0 radical (unpaired) electrons. The molecular weight excluding hydrogens is 241 g/mol. The smallest absolute Gasteiger partial charge is 0.339 e. The number of carbonyl (C=O) groups excluding carboxylic acids is 1. The summed E-state index contributed by atoms with van der Waals surface area (Å²) >= 11 is 0. The highest BCUT2D eigenvalue weighted by Gasteiger charge is 2.12. The molecule has 18 heavy (non-hydrogen) atoms. The topological polar surface area (TPSA) is 91.3 Å². The van der Waals surface area contributed by atoms with Gasteiger partial charge >= 0.3 is 5.97 Å². The summed E-state index contributed by atoms with van der Waals surface area (Å²) in [7, 11) is 0. The van der Waals surface area contributed by atoms with Crippen LogP contribution in [-0.2, 0) is 4.79 Å². The van der Waals surface area contributed by atoms with E-state index >= 15 is 0 Å². The van der Waals surface area contributed by atoms with Gasteiger partial charge in [-0.2, -0.15) is 0 Å². The summed E-state index contributed by atoms with van der Waals surface area (Å²) in [5.74, 6) is -2.10. The average molecular weight is 255 g/mol. The number of nitrogens with zero attached hydrogens (tertiary/aromatic N) is 1. The molecule has 1 aromatic rings. The molecule has 3 N–H and O–H groups in total. The standard InChI is InChI=1S/C11H14FN3O3/c1-2-13-9(16)3-4-14-10-8(11(17)18)5-7(12)6-15-10/h5-6H,2-4H2,1H3,(H,13,16)(H,14,15)(H,17,18). The number of carbonyl (C=O) groups is 2. The molecule has 0 fully saturated rings. The summed E-state index contributed by atoms with van der Waals surface area (Å²) in [5.41, 5.74) is -0.258. The Kier molecular flexibility index (Phi) is 5.04. The van der Waals surface area contributed by atoms with Crippen molar-refractivity contribution in [3.63, 3.8) is 0 Å². The first-order chi connectivity index (χ1) is 8.54. The van der Waals surface area contributed by atoms with Gasteiger partial charge in [-0.3, -0.25) is 4.79 Å². The normalized spacial score (nSPS) is 9.89. The number of aromatic carboxylic acids is 1. The van der Waals surface area contributed by atoms with E-state index in [2.05, 4.69) is 15.6 Å². The molecule has 0 bridgehead atoms. The van der Waals surface area contributed by atoms with Crippen LogP contribution in [0.1, 0.15) is 23.7 Å². The number of anilines is 1. The number of aromatic nitrogens is 1. The minimum atomic E-state index is -1.28. The van der Waals surface area contributed by atoms with Crippen LogP contribution in [0.3, 0.4) is 0 Å². The van der Waals surface area contributed by atoms with Gasteiger partial charge in [0.1, 0.15) is 17.2 Å². The Morgan fingerprint density at radius 1 is 1.50 bits per heavy atom. The summed E-state index contributed by atoms with van der Waals surface area (Å²) in [5, 5.41) is 14.2. The molecule has 0 atom stereocenters. The van der Waals surface area contributed by atoms with Crippen molar-refractivity contribution in [3.05, 3.63) is 23.6 Å². The Morgan fingerprint density at radius 2 is 2.22 bits per heavy atom. The highest BCUT2D eigenvalue weighted by molar-refractivity contribution is 5.93. The summed E-state index contributed by atoms with van der Waals surface area (Å²) in [6.45, 7) is 2.56.